The fourth-order valence-corrected chi connectivity index (χ4v) is 6.27. The molecule has 0 saturated heterocycles. The van der Waals surface area contributed by atoms with Gasteiger partial charge in [-0.1, -0.05) is 55.2 Å². The monoisotopic (exact) mass is 627 g/mol. The van der Waals surface area contributed by atoms with E-state index in [0.717, 1.165) is 5.56 Å². The Labute approximate surface area is 251 Å². The predicted octanol–water partition coefficient (Wildman–Crippen LogP) is 6.32. The molecule has 0 aliphatic heterocycles. The molecule has 4 rings (SSSR count). The third kappa shape index (κ3) is 6.18. The third-order valence-electron chi connectivity index (χ3n) is 6.03. The maximum atomic E-state index is 13.6. The average Bonchev–Trinajstić information content (AvgIpc) is 3.31. The van der Waals surface area contributed by atoms with E-state index in [9.17, 15) is 18.0 Å². The van der Waals surface area contributed by atoms with Crippen molar-refractivity contribution in [2.24, 2.45) is 10.8 Å². The van der Waals surface area contributed by atoms with Crippen LogP contribution >= 0.6 is 23.2 Å². The highest BCUT2D eigenvalue weighted by Crippen LogP contribution is 2.41. The number of halogens is 2. The van der Waals surface area contributed by atoms with Crippen molar-refractivity contribution in [3.05, 3.63) is 82.0 Å². The minimum Gasteiger partial charge on any atom is -0.454 e. The van der Waals surface area contributed by atoms with Crippen LogP contribution in [0.5, 0.6) is 11.5 Å². The van der Waals surface area contributed by atoms with E-state index in [-0.39, 0.29) is 32.3 Å². The highest BCUT2D eigenvalue weighted by Gasteiger charge is 2.24. The summed E-state index contributed by atoms with van der Waals surface area (Å²) in [6.07, 6.45) is 0.232. The van der Waals surface area contributed by atoms with Crippen LogP contribution < -0.4 is 15.9 Å². The standard InChI is InChI=1S/C28H23Cl2N5O6S/c1-15(2)20-14-35(42(38,39)25-7-5-4-6-16(25)3)24-9-8-18(12-19(20)24)40-26-21(29)10-17(11-22(26)30)33-34-23(13-31)27(36)41-28(32)37/h4-12,14-15,33H,1-3H3,(H2,32,37)/b34-23-. The van der Waals surface area contributed by atoms with Gasteiger partial charge in [-0.15, -0.1) is 0 Å². The molecule has 1 aromatic heterocycles. The minimum atomic E-state index is -3.88. The fraction of sp³-hybridized carbons (Fsp3) is 0.143. The van der Waals surface area contributed by atoms with Crippen LogP contribution in [0, 0.1) is 18.3 Å². The Hall–Kier alpha value is -4.57. The van der Waals surface area contributed by atoms with Crippen LogP contribution in [0.2, 0.25) is 10.0 Å². The molecule has 0 aliphatic carbocycles. The maximum Gasteiger partial charge on any atom is 0.412 e. The summed E-state index contributed by atoms with van der Waals surface area (Å²) in [6.45, 7) is 5.66. The van der Waals surface area contributed by atoms with Gasteiger partial charge in [-0.3, -0.25) is 5.43 Å². The van der Waals surface area contributed by atoms with Crippen molar-refractivity contribution in [1.82, 2.24) is 3.97 Å². The number of amides is 1. The number of nitrogens with two attached hydrogens (primary N) is 1. The zero-order valence-electron chi connectivity index (χ0n) is 22.4. The Morgan fingerprint density at radius 2 is 1.76 bits per heavy atom. The molecule has 0 bridgehead atoms. The molecule has 4 aromatic rings. The van der Waals surface area contributed by atoms with Gasteiger partial charge in [-0.05, 0) is 60.4 Å². The number of primary amides is 1. The minimum absolute atomic E-state index is 0.00675. The first kappa shape index (κ1) is 30.4. The Kier molecular flexibility index (Phi) is 8.77. The number of aromatic nitrogens is 1. The van der Waals surface area contributed by atoms with Gasteiger partial charge in [0.15, 0.2) is 5.75 Å². The largest absolute Gasteiger partial charge is 0.454 e. The maximum absolute atomic E-state index is 13.6. The third-order valence-corrected chi connectivity index (χ3v) is 8.43. The molecule has 1 heterocycles. The van der Waals surface area contributed by atoms with Crippen LogP contribution in [0.15, 0.2) is 70.8 Å². The lowest BCUT2D eigenvalue weighted by molar-refractivity contribution is -0.129. The van der Waals surface area contributed by atoms with Gasteiger partial charge in [0.1, 0.15) is 11.8 Å². The molecular weight excluding hydrogens is 605 g/mol. The molecule has 0 unspecified atom stereocenters. The molecule has 0 radical (unpaired) electrons. The van der Waals surface area contributed by atoms with Crippen LogP contribution in [0.4, 0.5) is 10.5 Å². The number of esters is 1. The first-order chi connectivity index (χ1) is 19.8. The van der Waals surface area contributed by atoms with Crippen molar-refractivity contribution in [2.45, 2.75) is 31.6 Å². The fourth-order valence-electron chi connectivity index (χ4n) is 4.09. The second-order valence-electron chi connectivity index (χ2n) is 9.25. The van der Waals surface area contributed by atoms with Gasteiger partial charge in [0.25, 0.3) is 10.0 Å². The number of nitrogens with zero attached hydrogens (tertiary/aromatic N) is 3. The molecule has 11 nitrogen and oxygen atoms in total. The molecule has 0 saturated carbocycles. The molecule has 3 N–H and O–H groups in total. The van der Waals surface area contributed by atoms with Crippen LogP contribution in [0.25, 0.3) is 10.9 Å². The number of rotatable bonds is 8. The Bertz CT molecular complexity index is 1890. The number of anilines is 1. The molecule has 0 fully saturated rings. The van der Waals surface area contributed by atoms with Gasteiger partial charge in [0.2, 0.25) is 5.71 Å². The molecule has 1 amide bonds. The van der Waals surface area contributed by atoms with Gasteiger partial charge in [0.05, 0.1) is 26.1 Å². The second-order valence-corrected chi connectivity index (χ2v) is 11.8. The Balaban J connectivity index is 1.67. The van der Waals surface area contributed by atoms with Crippen molar-refractivity contribution < 1.29 is 27.5 Å². The first-order valence-corrected chi connectivity index (χ1v) is 14.4. The number of fused-ring (bicyclic) bond motifs is 1. The lowest BCUT2D eigenvalue weighted by atomic mass is 10.0. The van der Waals surface area contributed by atoms with Crippen molar-refractivity contribution in [1.29, 1.82) is 5.26 Å². The Morgan fingerprint density at radius 1 is 1.10 bits per heavy atom. The molecule has 14 heteroatoms. The number of nitriles is 1. The molecule has 0 spiro atoms. The predicted molar refractivity (Wildman–Crippen MR) is 159 cm³/mol. The van der Waals surface area contributed by atoms with Crippen molar-refractivity contribution in [2.75, 3.05) is 5.43 Å². The number of hydrazone groups is 1. The highest BCUT2D eigenvalue weighted by molar-refractivity contribution is 7.90. The van der Waals surface area contributed by atoms with Crippen molar-refractivity contribution >= 4 is 67.6 Å². The summed E-state index contributed by atoms with van der Waals surface area (Å²) in [5, 5.41) is 13.4. The van der Waals surface area contributed by atoms with E-state index in [1.807, 2.05) is 13.8 Å². The second kappa shape index (κ2) is 12.1. The number of carbonyl (C=O) groups is 2. The number of carbonyl (C=O) groups excluding carboxylic acids is 2. The van der Waals surface area contributed by atoms with Gasteiger partial charge >= 0.3 is 12.1 Å². The van der Waals surface area contributed by atoms with Gasteiger partial charge < -0.3 is 15.2 Å². The summed E-state index contributed by atoms with van der Waals surface area (Å²) in [7, 11) is -3.88. The lowest BCUT2D eigenvalue weighted by Crippen LogP contribution is -2.24. The number of ether oxygens (including phenoxy) is 2. The van der Waals surface area contributed by atoms with Crippen molar-refractivity contribution in [3.63, 3.8) is 0 Å². The highest BCUT2D eigenvalue weighted by atomic mass is 35.5. The molecule has 0 atom stereocenters. The first-order valence-electron chi connectivity index (χ1n) is 12.2. The molecule has 42 heavy (non-hydrogen) atoms. The number of hydrogen-bond acceptors (Lipinski definition) is 9. The summed E-state index contributed by atoms with van der Waals surface area (Å²) in [5.74, 6) is -0.906. The quantitative estimate of drug-likeness (QED) is 0.0990. The normalized spacial score (nSPS) is 11.8. The summed E-state index contributed by atoms with van der Waals surface area (Å²) >= 11 is 12.8. The van der Waals surface area contributed by atoms with Gasteiger partial charge in [-0.25, -0.2) is 22.0 Å². The van der Waals surface area contributed by atoms with E-state index in [0.29, 0.717) is 22.2 Å². The Morgan fingerprint density at radius 3 is 2.36 bits per heavy atom. The van der Waals surface area contributed by atoms with E-state index in [1.165, 1.54) is 22.2 Å². The summed E-state index contributed by atoms with van der Waals surface area (Å²) in [5.41, 5.74) is 8.53. The lowest BCUT2D eigenvalue weighted by Gasteiger charge is -2.13. The topological polar surface area (TPSA) is 166 Å². The summed E-state index contributed by atoms with van der Waals surface area (Å²) < 4.78 is 38.6. The van der Waals surface area contributed by atoms with Crippen LogP contribution in [0.3, 0.4) is 0 Å². The SMILES string of the molecule is Cc1ccccc1S(=O)(=O)n1cc(C(C)C)c2cc(Oc3c(Cl)cc(N/N=C(/C#N)C(=O)OC(N)=O)cc3Cl)ccc21. The van der Waals surface area contributed by atoms with E-state index in [4.69, 9.17) is 38.9 Å². The van der Waals surface area contributed by atoms with Gasteiger partial charge in [-0.2, -0.15) is 10.4 Å². The number of benzene rings is 3. The summed E-state index contributed by atoms with van der Waals surface area (Å²) in [4.78, 5) is 22.6. The molecule has 3 aromatic carbocycles. The average molecular weight is 628 g/mol. The van der Waals surface area contributed by atoms with Crippen LogP contribution in [-0.4, -0.2) is 30.2 Å². The molecule has 216 valence electrons. The van der Waals surface area contributed by atoms with Gasteiger partial charge in [0, 0.05) is 11.6 Å². The van der Waals surface area contributed by atoms with E-state index in [2.05, 4.69) is 15.3 Å². The van der Waals surface area contributed by atoms with Crippen molar-refractivity contribution in [3.8, 4) is 17.6 Å². The molecular formula is C28H23Cl2N5O6S. The molecule has 0 aliphatic rings. The van der Waals surface area contributed by atoms with Crippen LogP contribution in [-0.2, 0) is 19.6 Å². The number of hydrogen-bond donors (Lipinski definition) is 2. The van der Waals surface area contributed by atoms with Crippen LogP contribution in [0.1, 0.15) is 30.9 Å². The van der Waals surface area contributed by atoms with E-state index >= 15 is 0 Å². The number of aryl methyl sites for hydroxylation is 1. The smallest absolute Gasteiger partial charge is 0.412 e. The van der Waals surface area contributed by atoms with E-state index < -0.39 is 27.8 Å². The zero-order valence-corrected chi connectivity index (χ0v) is 24.7. The summed E-state index contributed by atoms with van der Waals surface area (Å²) in [6, 6.07) is 16.0. The number of nitrogens with one attached hydrogen (secondary N) is 1. The zero-order chi connectivity index (χ0) is 30.8. The van der Waals surface area contributed by atoms with E-state index in [1.54, 1.807) is 55.6 Å².